The summed E-state index contributed by atoms with van der Waals surface area (Å²) in [6.07, 6.45) is 5.29. The van der Waals surface area contributed by atoms with Gasteiger partial charge in [0.15, 0.2) is 0 Å². The summed E-state index contributed by atoms with van der Waals surface area (Å²) in [7, 11) is 2.16. The first-order chi connectivity index (χ1) is 8.09. The van der Waals surface area contributed by atoms with Crippen molar-refractivity contribution in [2.24, 2.45) is 5.73 Å². The SMILES string of the molecule is CC(N)c1ccc(N(C)C2CCCC2)cc1Cl. The zero-order chi connectivity index (χ0) is 12.4. The molecule has 0 bridgehead atoms. The predicted octanol–water partition coefficient (Wildman–Crippen LogP) is 3.74. The van der Waals surface area contributed by atoms with Gasteiger partial charge in [0, 0.05) is 29.8 Å². The van der Waals surface area contributed by atoms with Gasteiger partial charge in [-0.3, -0.25) is 0 Å². The van der Waals surface area contributed by atoms with Crippen molar-refractivity contribution < 1.29 is 0 Å². The van der Waals surface area contributed by atoms with Gasteiger partial charge in [0.25, 0.3) is 0 Å². The first-order valence-electron chi connectivity index (χ1n) is 6.37. The largest absolute Gasteiger partial charge is 0.372 e. The van der Waals surface area contributed by atoms with Crippen molar-refractivity contribution in [3.8, 4) is 0 Å². The number of hydrogen-bond acceptors (Lipinski definition) is 2. The van der Waals surface area contributed by atoms with E-state index in [2.05, 4.69) is 18.0 Å². The number of hydrogen-bond donors (Lipinski definition) is 1. The van der Waals surface area contributed by atoms with Gasteiger partial charge in [-0.15, -0.1) is 0 Å². The molecule has 1 fully saturated rings. The molecule has 1 atom stereocenters. The van der Waals surface area contributed by atoms with Crippen LogP contribution in [0.1, 0.15) is 44.2 Å². The van der Waals surface area contributed by atoms with Crippen molar-refractivity contribution in [3.05, 3.63) is 28.8 Å². The average molecular weight is 253 g/mol. The van der Waals surface area contributed by atoms with Crippen LogP contribution in [-0.2, 0) is 0 Å². The molecule has 2 nitrogen and oxygen atoms in total. The van der Waals surface area contributed by atoms with Crippen molar-refractivity contribution in [1.29, 1.82) is 0 Å². The molecule has 0 spiro atoms. The van der Waals surface area contributed by atoms with Gasteiger partial charge in [-0.05, 0) is 37.5 Å². The Morgan fingerprint density at radius 2 is 2.00 bits per heavy atom. The molecule has 2 N–H and O–H groups in total. The molecule has 1 saturated carbocycles. The maximum Gasteiger partial charge on any atom is 0.0474 e. The third-order valence-corrected chi connectivity index (χ3v) is 4.08. The quantitative estimate of drug-likeness (QED) is 0.888. The normalized spacial score (nSPS) is 18.4. The Labute approximate surface area is 109 Å². The number of nitrogens with two attached hydrogens (primary N) is 1. The van der Waals surface area contributed by atoms with Gasteiger partial charge in [-0.2, -0.15) is 0 Å². The van der Waals surface area contributed by atoms with Gasteiger partial charge in [0.05, 0.1) is 0 Å². The van der Waals surface area contributed by atoms with Gasteiger partial charge in [-0.25, -0.2) is 0 Å². The van der Waals surface area contributed by atoms with Crippen LogP contribution >= 0.6 is 11.6 Å². The Bertz CT molecular complexity index is 384. The molecule has 0 saturated heterocycles. The lowest BCUT2D eigenvalue weighted by molar-refractivity contribution is 0.653. The molecular weight excluding hydrogens is 232 g/mol. The number of anilines is 1. The predicted molar refractivity (Wildman–Crippen MR) is 74.7 cm³/mol. The van der Waals surface area contributed by atoms with Gasteiger partial charge in [0.2, 0.25) is 0 Å². The van der Waals surface area contributed by atoms with Crippen LogP contribution in [0.4, 0.5) is 5.69 Å². The molecule has 0 heterocycles. The molecule has 1 aromatic rings. The molecular formula is C14H21ClN2. The van der Waals surface area contributed by atoms with Gasteiger partial charge < -0.3 is 10.6 Å². The highest BCUT2D eigenvalue weighted by atomic mass is 35.5. The first kappa shape index (κ1) is 12.7. The van der Waals surface area contributed by atoms with E-state index in [1.165, 1.54) is 31.4 Å². The summed E-state index contributed by atoms with van der Waals surface area (Å²) in [5.41, 5.74) is 8.09. The molecule has 3 heteroatoms. The van der Waals surface area contributed by atoms with Crippen molar-refractivity contribution in [3.63, 3.8) is 0 Å². The summed E-state index contributed by atoms with van der Waals surface area (Å²) in [6, 6.07) is 6.88. The summed E-state index contributed by atoms with van der Waals surface area (Å²) in [5, 5.41) is 0.780. The third-order valence-electron chi connectivity index (χ3n) is 3.75. The Balaban J connectivity index is 2.18. The molecule has 17 heavy (non-hydrogen) atoms. The van der Waals surface area contributed by atoms with Crippen LogP contribution in [0.3, 0.4) is 0 Å². The number of benzene rings is 1. The van der Waals surface area contributed by atoms with Crippen LogP contribution < -0.4 is 10.6 Å². The monoisotopic (exact) mass is 252 g/mol. The molecule has 2 rings (SSSR count). The maximum atomic E-state index is 6.27. The van der Waals surface area contributed by atoms with E-state index in [1.807, 2.05) is 19.1 Å². The zero-order valence-electron chi connectivity index (χ0n) is 10.6. The van der Waals surface area contributed by atoms with Crippen LogP contribution in [-0.4, -0.2) is 13.1 Å². The minimum atomic E-state index is -0.00617. The molecule has 0 aliphatic heterocycles. The first-order valence-corrected chi connectivity index (χ1v) is 6.75. The van der Waals surface area contributed by atoms with Gasteiger partial charge in [-0.1, -0.05) is 30.5 Å². The highest BCUT2D eigenvalue weighted by Gasteiger charge is 2.20. The van der Waals surface area contributed by atoms with Crippen LogP contribution in [0, 0.1) is 0 Å². The Hall–Kier alpha value is -0.730. The summed E-state index contributed by atoms with van der Waals surface area (Å²) < 4.78 is 0. The van der Waals surface area contributed by atoms with E-state index < -0.39 is 0 Å². The third kappa shape index (κ3) is 2.75. The lowest BCUT2D eigenvalue weighted by atomic mass is 10.1. The molecule has 0 radical (unpaired) electrons. The van der Waals surface area contributed by atoms with Crippen LogP contribution in [0.5, 0.6) is 0 Å². The van der Waals surface area contributed by atoms with Crippen LogP contribution in [0.2, 0.25) is 5.02 Å². The maximum absolute atomic E-state index is 6.27. The average Bonchev–Trinajstić information content (AvgIpc) is 2.80. The fourth-order valence-electron chi connectivity index (χ4n) is 2.61. The molecule has 0 amide bonds. The van der Waals surface area contributed by atoms with Crippen LogP contribution in [0.25, 0.3) is 0 Å². The highest BCUT2D eigenvalue weighted by Crippen LogP contribution is 2.31. The van der Waals surface area contributed by atoms with Crippen molar-refractivity contribution in [2.75, 3.05) is 11.9 Å². The topological polar surface area (TPSA) is 29.3 Å². The van der Waals surface area contributed by atoms with E-state index in [0.717, 1.165) is 10.6 Å². The van der Waals surface area contributed by atoms with E-state index >= 15 is 0 Å². The van der Waals surface area contributed by atoms with Crippen molar-refractivity contribution in [1.82, 2.24) is 0 Å². The highest BCUT2D eigenvalue weighted by molar-refractivity contribution is 6.31. The van der Waals surface area contributed by atoms with E-state index in [1.54, 1.807) is 0 Å². The zero-order valence-corrected chi connectivity index (χ0v) is 11.4. The summed E-state index contributed by atoms with van der Waals surface area (Å²) in [4.78, 5) is 2.35. The molecule has 0 aromatic heterocycles. The van der Waals surface area contributed by atoms with Crippen molar-refractivity contribution >= 4 is 17.3 Å². The smallest absolute Gasteiger partial charge is 0.0474 e. The standard InChI is InChI=1S/C14H21ClN2/c1-10(16)13-8-7-12(9-14(13)15)17(2)11-5-3-4-6-11/h7-11H,3-6,16H2,1-2H3. The van der Waals surface area contributed by atoms with Crippen molar-refractivity contribution in [2.45, 2.75) is 44.7 Å². The Morgan fingerprint density at radius 3 is 2.53 bits per heavy atom. The summed E-state index contributed by atoms with van der Waals surface area (Å²) in [6.45, 7) is 1.96. The van der Waals surface area contributed by atoms with E-state index in [4.69, 9.17) is 17.3 Å². The second kappa shape index (κ2) is 5.28. The molecule has 1 aliphatic rings. The minimum Gasteiger partial charge on any atom is -0.372 e. The second-order valence-electron chi connectivity index (χ2n) is 5.04. The summed E-state index contributed by atoms with van der Waals surface area (Å²) in [5.74, 6) is 0. The summed E-state index contributed by atoms with van der Waals surface area (Å²) >= 11 is 6.27. The van der Waals surface area contributed by atoms with E-state index in [9.17, 15) is 0 Å². The second-order valence-corrected chi connectivity index (χ2v) is 5.45. The minimum absolute atomic E-state index is 0.00617. The Kier molecular flexibility index (Phi) is 3.95. The van der Waals surface area contributed by atoms with Gasteiger partial charge >= 0.3 is 0 Å². The molecule has 94 valence electrons. The van der Waals surface area contributed by atoms with E-state index in [0.29, 0.717) is 6.04 Å². The molecule has 1 aliphatic carbocycles. The van der Waals surface area contributed by atoms with E-state index in [-0.39, 0.29) is 6.04 Å². The lowest BCUT2D eigenvalue weighted by Gasteiger charge is -2.27. The Morgan fingerprint density at radius 1 is 1.35 bits per heavy atom. The van der Waals surface area contributed by atoms with Crippen LogP contribution in [0.15, 0.2) is 18.2 Å². The fourth-order valence-corrected chi connectivity index (χ4v) is 2.95. The number of rotatable bonds is 3. The molecule has 1 aromatic carbocycles. The lowest BCUT2D eigenvalue weighted by Crippen LogP contribution is -2.28. The number of nitrogens with zero attached hydrogens (tertiary/aromatic N) is 1. The fraction of sp³-hybridized carbons (Fsp3) is 0.571. The number of halogens is 1. The molecule has 1 unspecified atom stereocenters. The van der Waals surface area contributed by atoms with Gasteiger partial charge in [0.1, 0.15) is 0 Å².